The summed E-state index contributed by atoms with van der Waals surface area (Å²) in [6, 6.07) is 4.87. The highest BCUT2D eigenvalue weighted by molar-refractivity contribution is 7.16. The molecule has 20 heavy (non-hydrogen) atoms. The van der Waals surface area contributed by atoms with Crippen molar-refractivity contribution in [1.82, 2.24) is 4.98 Å². The van der Waals surface area contributed by atoms with Crippen molar-refractivity contribution >= 4 is 22.4 Å². The van der Waals surface area contributed by atoms with Crippen LogP contribution >= 0.6 is 11.3 Å². The van der Waals surface area contributed by atoms with Crippen LogP contribution in [0.5, 0.6) is 5.75 Å². The van der Waals surface area contributed by atoms with E-state index < -0.39 is 5.91 Å². The van der Waals surface area contributed by atoms with Crippen molar-refractivity contribution in [1.29, 1.82) is 0 Å². The summed E-state index contributed by atoms with van der Waals surface area (Å²) in [7, 11) is 0. The van der Waals surface area contributed by atoms with Crippen molar-refractivity contribution in [2.75, 3.05) is 11.9 Å². The van der Waals surface area contributed by atoms with Crippen LogP contribution in [0.3, 0.4) is 0 Å². The number of hydrogen-bond acceptors (Lipinski definition) is 5. The predicted molar refractivity (Wildman–Crippen MR) is 78.8 cm³/mol. The third-order valence-corrected chi connectivity index (χ3v) is 3.27. The third-order valence-electron chi connectivity index (χ3n) is 2.44. The first kappa shape index (κ1) is 14.1. The number of aromatic nitrogens is 1. The highest BCUT2D eigenvalue weighted by atomic mass is 32.1. The number of phenols is 1. The predicted octanol–water partition coefficient (Wildman–Crippen LogP) is 1.72. The number of thiazole rings is 1. The lowest BCUT2D eigenvalue weighted by atomic mass is 10.1. The Morgan fingerprint density at radius 3 is 3.05 bits per heavy atom. The molecule has 0 aliphatic heterocycles. The minimum atomic E-state index is -0.407. The Kier molecular flexibility index (Phi) is 4.35. The van der Waals surface area contributed by atoms with Crippen LogP contribution in [0.1, 0.15) is 20.8 Å². The summed E-state index contributed by atoms with van der Waals surface area (Å²) in [5.74, 6) is 5.09. The van der Waals surface area contributed by atoms with Crippen LogP contribution in [0, 0.1) is 18.8 Å². The standard InChI is InChI=1S/C14H13N3O2S/c1-9-4-5-11(12(18)7-9)13(19)17-14-16-8-10(20-14)3-2-6-15/h4-5,7-8,18H,6,15H2,1H3,(H,16,17,19). The molecule has 1 aromatic carbocycles. The quantitative estimate of drug-likeness (QED) is 0.734. The lowest BCUT2D eigenvalue weighted by Crippen LogP contribution is -2.11. The zero-order valence-corrected chi connectivity index (χ0v) is 11.6. The first-order valence-corrected chi connectivity index (χ1v) is 6.67. The van der Waals surface area contributed by atoms with Gasteiger partial charge < -0.3 is 10.8 Å². The molecule has 4 N–H and O–H groups in total. The van der Waals surface area contributed by atoms with Crippen LogP contribution in [-0.2, 0) is 0 Å². The number of phenolic OH excluding ortho intramolecular Hbond substituents is 1. The topological polar surface area (TPSA) is 88.2 Å². The number of nitrogens with two attached hydrogens (primary N) is 1. The number of nitrogens with one attached hydrogen (secondary N) is 1. The second kappa shape index (κ2) is 6.19. The minimum Gasteiger partial charge on any atom is -0.507 e. The maximum Gasteiger partial charge on any atom is 0.261 e. The van der Waals surface area contributed by atoms with Crippen molar-refractivity contribution in [3.8, 4) is 17.6 Å². The molecule has 0 unspecified atom stereocenters. The smallest absolute Gasteiger partial charge is 0.261 e. The number of benzene rings is 1. The molecule has 6 heteroatoms. The van der Waals surface area contributed by atoms with Crippen molar-refractivity contribution in [3.63, 3.8) is 0 Å². The van der Waals surface area contributed by atoms with Gasteiger partial charge in [0.25, 0.3) is 5.91 Å². The molecule has 0 fully saturated rings. The molecule has 0 bridgehead atoms. The number of anilines is 1. The Bertz CT molecular complexity index is 698. The van der Waals surface area contributed by atoms with Crippen molar-refractivity contribution in [3.05, 3.63) is 40.4 Å². The summed E-state index contributed by atoms with van der Waals surface area (Å²) in [5.41, 5.74) is 6.37. The van der Waals surface area contributed by atoms with Gasteiger partial charge in [0, 0.05) is 0 Å². The third kappa shape index (κ3) is 3.35. The van der Waals surface area contributed by atoms with Gasteiger partial charge in [-0.1, -0.05) is 29.2 Å². The van der Waals surface area contributed by atoms with E-state index in [9.17, 15) is 9.90 Å². The molecule has 0 atom stereocenters. The summed E-state index contributed by atoms with van der Waals surface area (Å²) in [6.07, 6.45) is 1.57. The van der Waals surface area contributed by atoms with Crippen LogP contribution < -0.4 is 11.1 Å². The summed E-state index contributed by atoms with van der Waals surface area (Å²) in [5, 5.41) is 12.8. The van der Waals surface area contributed by atoms with Crippen LogP contribution in [0.15, 0.2) is 24.4 Å². The SMILES string of the molecule is Cc1ccc(C(=O)Nc2ncc(C#CCN)s2)c(O)c1. The number of carbonyl (C=O) groups excluding carboxylic acids is 1. The van der Waals surface area contributed by atoms with Crippen LogP contribution in [-0.4, -0.2) is 22.5 Å². The zero-order chi connectivity index (χ0) is 14.5. The van der Waals surface area contributed by atoms with Gasteiger partial charge >= 0.3 is 0 Å². The minimum absolute atomic E-state index is 0.0535. The lowest BCUT2D eigenvalue weighted by Gasteiger charge is -2.04. The van der Waals surface area contributed by atoms with E-state index in [-0.39, 0.29) is 17.9 Å². The molecule has 0 spiro atoms. The Balaban J connectivity index is 2.13. The first-order chi connectivity index (χ1) is 9.60. The molecule has 1 amide bonds. The zero-order valence-electron chi connectivity index (χ0n) is 10.8. The van der Waals surface area contributed by atoms with Gasteiger partial charge in [-0.3, -0.25) is 10.1 Å². The lowest BCUT2D eigenvalue weighted by molar-refractivity contribution is 0.102. The van der Waals surface area contributed by atoms with Crippen molar-refractivity contribution < 1.29 is 9.90 Å². The monoisotopic (exact) mass is 287 g/mol. The van der Waals surface area contributed by atoms with Gasteiger partial charge in [-0.25, -0.2) is 4.98 Å². The van der Waals surface area contributed by atoms with Gasteiger partial charge in [-0.05, 0) is 24.6 Å². The number of aryl methyl sites for hydroxylation is 1. The molecule has 0 aliphatic rings. The molecule has 1 aromatic heterocycles. The molecule has 0 saturated carbocycles. The normalized spacial score (nSPS) is 9.70. The average molecular weight is 287 g/mol. The molecule has 2 rings (SSSR count). The Morgan fingerprint density at radius 2 is 2.35 bits per heavy atom. The van der Waals surface area contributed by atoms with Gasteiger partial charge in [0.2, 0.25) is 0 Å². The van der Waals surface area contributed by atoms with E-state index in [0.29, 0.717) is 5.13 Å². The van der Waals surface area contributed by atoms with Gasteiger partial charge in [0.15, 0.2) is 5.13 Å². The number of hydrogen-bond donors (Lipinski definition) is 3. The Morgan fingerprint density at radius 1 is 1.55 bits per heavy atom. The highest BCUT2D eigenvalue weighted by Crippen LogP contribution is 2.22. The fraction of sp³-hybridized carbons (Fsp3) is 0.143. The number of nitrogens with zero attached hydrogens (tertiary/aromatic N) is 1. The maximum absolute atomic E-state index is 12.0. The fourth-order valence-electron chi connectivity index (χ4n) is 1.53. The fourth-order valence-corrected chi connectivity index (χ4v) is 2.21. The second-order valence-corrected chi connectivity index (χ2v) is 5.04. The number of aromatic hydroxyl groups is 1. The summed E-state index contributed by atoms with van der Waals surface area (Å²) >= 11 is 1.25. The number of carbonyl (C=O) groups is 1. The van der Waals surface area contributed by atoms with E-state index in [2.05, 4.69) is 22.1 Å². The van der Waals surface area contributed by atoms with E-state index in [1.807, 2.05) is 6.92 Å². The molecule has 0 saturated heterocycles. The number of rotatable bonds is 2. The van der Waals surface area contributed by atoms with E-state index >= 15 is 0 Å². The Hall–Kier alpha value is -2.36. The van der Waals surface area contributed by atoms with E-state index in [1.54, 1.807) is 18.3 Å². The molecule has 0 radical (unpaired) electrons. The molecular formula is C14H13N3O2S. The second-order valence-electron chi connectivity index (χ2n) is 4.01. The molecule has 0 aliphatic carbocycles. The van der Waals surface area contributed by atoms with Gasteiger partial charge in [-0.2, -0.15) is 0 Å². The van der Waals surface area contributed by atoms with Gasteiger partial charge in [0.05, 0.1) is 23.2 Å². The molecule has 5 nitrogen and oxygen atoms in total. The first-order valence-electron chi connectivity index (χ1n) is 5.86. The van der Waals surface area contributed by atoms with Gasteiger partial charge in [0.1, 0.15) is 5.75 Å². The number of amides is 1. The highest BCUT2D eigenvalue weighted by Gasteiger charge is 2.12. The van der Waals surface area contributed by atoms with Crippen LogP contribution in [0.4, 0.5) is 5.13 Å². The van der Waals surface area contributed by atoms with E-state index in [0.717, 1.165) is 10.4 Å². The summed E-state index contributed by atoms with van der Waals surface area (Å²) in [4.78, 5) is 16.8. The van der Waals surface area contributed by atoms with Crippen molar-refractivity contribution in [2.45, 2.75) is 6.92 Å². The molecule has 2 aromatic rings. The van der Waals surface area contributed by atoms with Crippen LogP contribution in [0.25, 0.3) is 0 Å². The van der Waals surface area contributed by atoms with Crippen LogP contribution in [0.2, 0.25) is 0 Å². The van der Waals surface area contributed by atoms with E-state index in [4.69, 9.17) is 5.73 Å². The summed E-state index contributed by atoms with van der Waals surface area (Å²) < 4.78 is 0. The average Bonchev–Trinajstić information content (AvgIpc) is 2.83. The summed E-state index contributed by atoms with van der Waals surface area (Å²) in [6.45, 7) is 2.11. The van der Waals surface area contributed by atoms with Gasteiger partial charge in [-0.15, -0.1) is 0 Å². The van der Waals surface area contributed by atoms with Crippen molar-refractivity contribution in [2.24, 2.45) is 5.73 Å². The molecule has 1 heterocycles. The van der Waals surface area contributed by atoms with E-state index in [1.165, 1.54) is 17.4 Å². The largest absolute Gasteiger partial charge is 0.507 e. The maximum atomic E-state index is 12.0. The molecular weight excluding hydrogens is 274 g/mol. The Labute approximate surface area is 120 Å². The molecule has 102 valence electrons.